The number of ether oxygens (including phenoxy) is 2. The number of hydrogen-bond donors (Lipinski definition) is 1. The summed E-state index contributed by atoms with van der Waals surface area (Å²) in [5, 5.41) is 2.79. The zero-order valence-electron chi connectivity index (χ0n) is 14.4. The average Bonchev–Trinajstić information content (AvgIpc) is 3.18. The Kier molecular flexibility index (Phi) is 5.70. The van der Waals surface area contributed by atoms with E-state index in [2.05, 4.69) is 15.2 Å². The zero-order valence-corrected chi connectivity index (χ0v) is 14.4. The summed E-state index contributed by atoms with van der Waals surface area (Å²) in [6.45, 7) is 5.53. The molecule has 2 saturated heterocycles. The van der Waals surface area contributed by atoms with Crippen molar-refractivity contribution < 1.29 is 19.1 Å². The normalized spacial score (nSPS) is 20.4. The SMILES string of the molecule is CCOC(=O)N1CCN(c2ccc(NC(=O)C3CCCO3)nc2)CC1. The molecule has 1 N–H and O–H groups in total. The molecular weight excluding hydrogens is 324 g/mol. The lowest BCUT2D eigenvalue weighted by Gasteiger charge is -2.35. The van der Waals surface area contributed by atoms with Crippen molar-refractivity contribution in [3.05, 3.63) is 18.3 Å². The predicted molar refractivity (Wildman–Crippen MR) is 92.6 cm³/mol. The molecule has 0 aromatic carbocycles. The smallest absolute Gasteiger partial charge is 0.409 e. The summed E-state index contributed by atoms with van der Waals surface area (Å²) in [7, 11) is 0. The Balaban J connectivity index is 1.51. The van der Waals surface area contributed by atoms with Crippen LogP contribution in [-0.4, -0.2) is 67.4 Å². The topological polar surface area (TPSA) is 84.0 Å². The minimum absolute atomic E-state index is 0.138. The van der Waals surface area contributed by atoms with Gasteiger partial charge in [0.25, 0.3) is 5.91 Å². The number of anilines is 2. The van der Waals surface area contributed by atoms with E-state index in [0.29, 0.717) is 32.1 Å². The Bertz CT molecular complexity index is 593. The summed E-state index contributed by atoms with van der Waals surface area (Å²) >= 11 is 0. The molecule has 2 aliphatic rings. The molecule has 8 nitrogen and oxygen atoms in total. The first-order chi connectivity index (χ1) is 12.2. The van der Waals surface area contributed by atoms with Crippen LogP contribution >= 0.6 is 0 Å². The van der Waals surface area contributed by atoms with E-state index in [1.807, 2.05) is 6.07 Å². The fourth-order valence-electron chi connectivity index (χ4n) is 3.00. The first-order valence-corrected chi connectivity index (χ1v) is 8.72. The summed E-state index contributed by atoms with van der Waals surface area (Å²) in [6, 6.07) is 3.72. The van der Waals surface area contributed by atoms with Gasteiger partial charge in [-0.25, -0.2) is 9.78 Å². The molecule has 1 aromatic heterocycles. The molecule has 2 fully saturated rings. The lowest BCUT2D eigenvalue weighted by atomic mass is 10.2. The second kappa shape index (κ2) is 8.15. The number of carbonyl (C=O) groups excluding carboxylic acids is 2. The zero-order chi connectivity index (χ0) is 17.6. The van der Waals surface area contributed by atoms with Gasteiger partial charge in [-0.3, -0.25) is 4.79 Å². The molecule has 0 saturated carbocycles. The monoisotopic (exact) mass is 348 g/mol. The quantitative estimate of drug-likeness (QED) is 0.887. The fraction of sp³-hybridized carbons (Fsp3) is 0.588. The minimum Gasteiger partial charge on any atom is -0.450 e. The van der Waals surface area contributed by atoms with Crippen LogP contribution in [0.25, 0.3) is 0 Å². The summed E-state index contributed by atoms with van der Waals surface area (Å²) in [4.78, 5) is 31.9. The average molecular weight is 348 g/mol. The van der Waals surface area contributed by atoms with Crippen LogP contribution < -0.4 is 10.2 Å². The van der Waals surface area contributed by atoms with Crippen molar-refractivity contribution in [2.24, 2.45) is 0 Å². The molecule has 0 bridgehead atoms. The Labute approximate surface area is 147 Å². The Hall–Kier alpha value is -2.35. The van der Waals surface area contributed by atoms with E-state index < -0.39 is 0 Å². The highest BCUT2D eigenvalue weighted by atomic mass is 16.6. The highest BCUT2D eigenvalue weighted by Crippen LogP contribution is 2.19. The Morgan fingerprint density at radius 1 is 1.32 bits per heavy atom. The van der Waals surface area contributed by atoms with Crippen molar-refractivity contribution in [3.8, 4) is 0 Å². The summed E-state index contributed by atoms with van der Waals surface area (Å²) in [5.41, 5.74) is 0.971. The van der Waals surface area contributed by atoms with Gasteiger partial charge in [0.05, 0.1) is 18.5 Å². The minimum atomic E-state index is -0.363. The lowest BCUT2D eigenvalue weighted by molar-refractivity contribution is -0.124. The van der Waals surface area contributed by atoms with E-state index in [9.17, 15) is 9.59 Å². The molecule has 0 spiro atoms. The Morgan fingerprint density at radius 2 is 2.12 bits per heavy atom. The van der Waals surface area contributed by atoms with Crippen LogP contribution in [0, 0.1) is 0 Å². The van der Waals surface area contributed by atoms with Crippen molar-refractivity contribution in [2.75, 3.05) is 49.6 Å². The van der Waals surface area contributed by atoms with Gasteiger partial charge < -0.3 is 24.6 Å². The number of rotatable bonds is 4. The summed E-state index contributed by atoms with van der Waals surface area (Å²) in [5.74, 6) is 0.384. The Morgan fingerprint density at radius 3 is 2.72 bits per heavy atom. The second-order valence-corrected chi connectivity index (χ2v) is 6.07. The third-order valence-electron chi connectivity index (χ3n) is 4.39. The van der Waals surface area contributed by atoms with Gasteiger partial charge in [-0.1, -0.05) is 0 Å². The molecule has 25 heavy (non-hydrogen) atoms. The second-order valence-electron chi connectivity index (χ2n) is 6.07. The van der Waals surface area contributed by atoms with Crippen LogP contribution in [0.2, 0.25) is 0 Å². The van der Waals surface area contributed by atoms with E-state index in [0.717, 1.165) is 31.6 Å². The standard InChI is InChI=1S/C17H24N4O4/c1-2-24-17(23)21-9-7-20(8-10-21)13-5-6-15(18-12-13)19-16(22)14-4-3-11-25-14/h5-6,12,14H,2-4,7-11H2,1H3,(H,18,19,22). The van der Waals surface area contributed by atoms with Gasteiger partial charge in [0.15, 0.2) is 0 Å². The van der Waals surface area contributed by atoms with E-state index >= 15 is 0 Å². The molecular formula is C17H24N4O4. The van der Waals surface area contributed by atoms with Crippen molar-refractivity contribution in [1.29, 1.82) is 0 Å². The number of nitrogens with zero attached hydrogens (tertiary/aromatic N) is 3. The van der Waals surface area contributed by atoms with E-state index in [1.165, 1.54) is 0 Å². The lowest BCUT2D eigenvalue weighted by Crippen LogP contribution is -2.49. The van der Waals surface area contributed by atoms with E-state index in [-0.39, 0.29) is 18.1 Å². The number of nitrogens with one attached hydrogen (secondary N) is 1. The van der Waals surface area contributed by atoms with Crippen molar-refractivity contribution in [3.63, 3.8) is 0 Å². The van der Waals surface area contributed by atoms with Crippen LogP contribution in [0.3, 0.4) is 0 Å². The van der Waals surface area contributed by atoms with Crippen LogP contribution in [0.4, 0.5) is 16.3 Å². The number of aromatic nitrogens is 1. The number of carbonyl (C=O) groups is 2. The predicted octanol–water partition coefficient (Wildman–Crippen LogP) is 1.48. The van der Waals surface area contributed by atoms with Gasteiger partial charge >= 0.3 is 6.09 Å². The molecule has 3 rings (SSSR count). The highest BCUT2D eigenvalue weighted by molar-refractivity contribution is 5.93. The van der Waals surface area contributed by atoms with Gasteiger partial charge in [-0.15, -0.1) is 0 Å². The molecule has 8 heteroatoms. The highest BCUT2D eigenvalue weighted by Gasteiger charge is 2.24. The number of hydrogen-bond acceptors (Lipinski definition) is 6. The van der Waals surface area contributed by atoms with Gasteiger partial charge in [0.2, 0.25) is 0 Å². The molecule has 1 atom stereocenters. The number of pyridine rings is 1. The van der Waals surface area contributed by atoms with Gasteiger partial charge in [0, 0.05) is 32.8 Å². The van der Waals surface area contributed by atoms with Crippen molar-refractivity contribution in [2.45, 2.75) is 25.9 Å². The molecule has 0 radical (unpaired) electrons. The summed E-state index contributed by atoms with van der Waals surface area (Å²) < 4.78 is 10.4. The van der Waals surface area contributed by atoms with E-state index in [4.69, 9.17) is 9.47 Å². The molecule has 136 valence electrons. The largest absolute Gasteiger partial charge is 0.450 e. The molecule has 1 unspecified atom stereocenters. The molecule has 0 aliphatic carbocycles. The fourth-order valence-corrected chi connectivity index (χ4v) is 3.00. The first-order valence-electron chi connectivity index (χ1n) is 8.72. The van der Waals surface area contributed by atoms with Crippen LogP contribution in [0.1, 0.15) is 19.8 Å². The van der Waals surface area contributed by atoms with Gasteiger partial charge in [-0.2, -0.15) is 0 Å². The molecule has 3 heterocycles. The summed E-state index contributed by atoms with van der Waals surface area (Å²) in [6.07, 6.45) is 2.80. The van der Waals surface area contributed by atoms with Crippen LogP contribution in [0.5, 0.6) is 0 Å². The molecule has 2 aliphatic heterocycles. The maximum absolute atomic E-state index is 12.0. The third-order valence-corrected chi connectivity index (χ3v) is 4.39. The van der Waals surface area contributed by atoms with Crippen LogP contribution in [0.15, 0.2) is 18.3 Å². The van der Waals surface area contributed by atoms with Gasteiger partial charge in [0.1, 0.15) is 11.9 Å². The first kappa shape index (κ1) is 17.5. The maximum Gasteiger partial charge on any atom is 0.409 e. The van der Waals surface area contributed by atoms with Gasteiger partial charge in [-0.05, 0) is 31.9 Å². The van der Waals surface area contributed by atoms with Crippen molar-refractivity contribution >= 4 is 23.5 Å². The molecule has 1 aromatic rings. The maximum atomic E-state index is 12.0. The molecule has 2 amide bonds. The third kappa shape index (κ3) is 4.39. The number of amides is 2. The number of piperazine rings is 1. The van der Waals surface area contributed by atoms with E-state index in [1.54, 1.807) is 24.1 Å². The van der Waals surface area contributed by atoms with Crippen LogP contribution in [-0.2, 0) is 14.3 Å². The van der Waals surface area contributed by atoms with Crippen molar-refractivity contribution in [1.82, 2.24) is 9.88 Å².